The number of fused-ring (bicyclic) bond motifs is 2. The maximum atomic E-state index is 12.7. The van der Waals surface area contributed by atoms with Crippen LogP contribution in [0.2, 0.25) is 0 Å². The van der Waals surface area contributed by atoms with Gasteiger partial charge in [0.15, 0.2) is 5.43 Å². The largest absolute Gasteiger partial charge is 0.464 e. The van der Waals surface area contributed by atoms with Crippen molar-refractivity contribution in [2.24, 2.45) is 0 Å². The second-order valence-electron chi connectivity index (χ2n) is 6.36. The number of hydrogen-bond acceptors (Lipinski definition) is 8. The second-order valence-corrected chi connectivity index (χ2v) is 6.36. The smallest absolute Gasteiger partial charge is 0.270 e. The first-order valence-corrected chi connectivity index (χ1v) is 8.21. The Hall–Kier alpha value is -3.53. The number of nitrogens with zero attached hydrogens (tertiary/aromatic N) is 3. The number of aromatic nitrogens is 2. The number of hydrogen-bond donors (Lipinski definition) is 2. The fourth-order valence-corrected chi connectivity index (χ4v) is 3.26. The summed E-state index contributed by atoms with van der Waals surface area (Å²) < 4.78 is 5.46. The first-order chi connectivity index (χ1) is 12.9. The van der Waals surface area contributed by atoms with Gasteiger partial charge in [0.25, 0.3) is 11.2 Å². The molecule has 0 spiro atoms. The number of anilines is 1. The number of nitrogens with two attached hydrogens (primary N) is 1. The molecular formula is C17H15N5O5. The number of aromatic amines is 1. The highest BCUT2D eigenvalue weighted by Crippen LogP contribution is 2.20. The van der Waals surface area contributed by atoms with Gasteiger partial charge in [-0.25, -0.2) is 4.98 Å². The number of H-pyrrole nitrogens is 1. The summed E-state index contributed by atoms with van der Waals surface area (Å²) in [4.78, 5) is 43.7. The van der Waals surface area contributed by atoms with Crippen LogP contribution in [0.5, 0.6) is 0 Å². The molecule has 0 atom stereocenters. The highest BCUT2D eigenvalue weighted by Gasteiger charge is 2.22. The number of non-ortho nitro benzene ring substituents is 1. The molecular weight excluding hydrogens is 354 g/mol. The summed E-state index contributed by atoms with van der Waals surface area (Å²) >= 11 is 0. The summed E-state index contributed by atoms with van der Waals surface area (Å²) in [7, 11) is 0. The van der Waals surface area contributed by atoms with Crippen molar-refractivity contribution >= 4 is 22.6 Å². The molecule has 1 aromatic carbocycles. The number of nitro groups is 1. The number of nitro benzene ring substituents is 1. The first-order valence-electron chi connectivity index (χ1n) is 8.21. The van der Waals surface area contributed by atoms with Crippen molar-refractivity contribution < 1.29 is 9.34 Å². The van der Waals surface area contributed by atoms with E-state index in [9.17, 15) is 19.7 Å². The van der Waals surface area contributed by atoms with Gasteiger partial charge in [0.1, 0.15) is 5.58 Å². The molecule has 0 amide bonds. The lowest BCUT2D eigenvalue weighted by molar-refractivity contribution is -0.384. The van der Waals surface area contributed by atoms with Gasteiger partial charge in [-0.1, -0.05) is 0 Å². The van der Waals surface area contributed by atoms with Crippen LogP contribution in [0.3, 0.4) is 0 Å². The van der Waals surface area contributed by atoms with Gasteiger partial charge in [-0.05, 0) is 6.07 Å². The van der Waals surface area contributed by atoms with Gasteiger partial charge in [0.2, 0.25) is 5.95 Å². The summed E-state index contributed by atoms with van der Waals surface area (Å²) in [6, 6.07) is 3.91. The van der Waals surface area contributed by atoms with Gasteiger partial charge in [-0.3, -0.25) is 29.6 Å². The summed E-state index contributed by atoms with van der Waals surface area (Å²) in [5.41, 5.74) is 6.62. The van der Waals surface area contributed by atoms with E-state index in [2.05, 4.69) is 9.97 Å². The normalized spacial score (nSPS) is 14.2. The zero-order valence-electron chi connectivity index (χ0n) is 14.1. The molecule has 1 aliphatic rings. The Morgan fingerprint density at radius 2 is 2.19 bits per heavy atom. The van der Waals surface area contributed by atoms with Crippen molar-refractivity contribution in [1.82, 2.24) is 14.9 Å². The van der Waals surface area contributed by atoms with Crippen LogP contribution >= 0.6 is 0 Å². The van der Waals surface area contributed by atoms with E-state index in [0.717, 1.165) is 0 Å². The molecule has 10 nitrogen and oxygen atoms in total. The molecule has 0 saturated carbocycles. The molecule has 0 bridgehead atoms. The average molecular weight is 369 g/mol. The molecule has 2 aromatic heterocycles. The minimum Gasteiger partial charge on any atom is -0.464 e. The topological polar surface area (TPSA) is 148 Å². The summed E-state index contributed by atoms with van der Waals surface area (Å²) in [5.74, 6) is 0.0870. The summed E-state index contributed by atoms with van der Waals surface area (Å²) in [6.45, 7) is 1.17. The van der Waals surface area contributed by atoms with Crippen molar-refractivity contribution in [1.29, 1.82) is 0 Å². The predicted octanol–water partition coefficient (Wildman–Crippen LogP) is 0.925. The maximum absolute atomic E-state index is 12.7. The van der Waals surface area contributed by atoms with E-state index >= 15 is 0 Å². The SMILES string of the molecule is Nc1nc2c(c(=O)[nH]1)CN(Cc1coc3ccc([N+](=O)[O-])cc3c1=O)CC2. The van der Waals surface area contributed by atoms with Gasteiger partial charge in [-0.2, -0.15) is 0 Å². The fourth-order valence-electron chi connectivity index (χ4n) is 3.26. The zero-order chi connectivity index (χ0) is 19.1. The molecule has 1 aliphatic heterocycles. The van der Waals surface area contributed by atoms with E-state index in [4.69, 9.17) is 10.2 Å². The molecule has 0 saturated heterocycles. The van der Waals surface area contributed by atoms with E-state index in [-0.39, 0.29) is 40.1 Å². The second kappa shape index (κ2) is 6.32. The van der Waals surface area contributed by atoms with Crippen LogP contribution in [0.25, 0.3) is 11.0 Å². The Kier molecular flexibility index (Phi) is 3.96. The lowest BCUT2D eigenvalue weighted by Crippen LogP contribution is -2.36. The molecule has 0 aliphatic carbocycles. The van der Waals surface area contributed by atoms with Crippen LogP contribution in [0.4, 0.5) is 11.6 Å². The van der Waals surface area contributed by atoms with Gasteiger partial charge in [-0.15, -0.1) is 0 Å². The standard InChI is InChI=1S/C17H15N5O5/c18-17-19-13-3-4-21(7-12(13)16(24)20-17)6-9-8-27-14-2-1-10(22(25)26)5-11(14)15(9)23/h1-2,5,8H,3-4,6-7H2,(H3,18,19,20,24). The highest BCUT2D eigenvalue weighted by atomic mass is 16.6. The van der Waals surface area contributed by atoms with E-state index in [1.807, 2.05) is 4.90 Å². The van der Waals surface area contributed by atoms with Crippen LogP contribution < -0.4 is 16.7 Å². The van der Waals surface area contributed by atoms with Gasteiger partial charge < -0.3 is 10.2 Å². The van der Waals surface area contributed by atoms with Crippen LogP contribution in [-0.2, 0) is 19.5 Å². The van der Waals surface area contributed by atoms with Crippen LogP contribution in [-0.4, -0.2) is 26.3 Å². The lowest BCUT2D eigenvalue weighted by Gasteiger charge is -2.27. The Morgan fingerprint density at radius 1 is 1.37 bits per heavy atom. The van der Waals surface area contributed by atoms with Crippen LogP contribution in [0.15, 0.2) is 38.5 Å². The molecule has 0 fully saturated rings. The third-order valence-electron chi connectivity index (χ3n) is 4.60. The van der Waals surface area contributed by atoms with E-state index in [1.165, 1.54) is 24.5 Å². The molecule has 10 heteroatoms. The third-order valence-corrected chi connectivity index (χ3v) is 4.60. The van der Waals surface area contributed by atoms with E-state index < -0.39 is 4.92 Å². The number of rotatable bonds is 3. The Labute approximate surface area is 151 Å². The third kappa shape index (κ3) is 3.06. The molecule has 4 rings (SSSR count). The Balaban J connectivity index is 1.66. The first kappa shape index (κ1) is 16.9. The quantitative estimate of drug-likeness (QED) is 0.511. The highest BCUT2D eigenvalue weighted by molar-refractivity contribution is 5.79. The van der Waals surface area contributed by atoms with Crippen LogP contribution in [0, 0.1) is 10.1 Å². The van der Waals surface area contributed by atoms with Crippen molar-refractivity contribution in [3.05, 3.63) is 72.0 Å². The fraction of sp³-hybridized carbons (Fsp3) is 0.235. The van der Waals surface area contributed by atoms with E-state index in [1.54, 1.807) is 0 Å². The van der Waals surface area contributed by atoms with E-state index in [0.29, 0.717) is 36.3 Å². The number of nitrogens with one attached hydrogen (secondary N) is 1. The van der Waals surface area contributed by atoms with Crippen LogP contribution in [0.1, 0.15) is 16.8 Å². The molecule has 27 heavy (non-hydrogen) atoms. The summed E-state index contributed by atoms with van der Waals surface area (Å²) in [5, 5.41) is 11.1. The van der Waals surface area contributed by atoms with Gasteiger partial charge in [0.05, 0.1) is 27.8 Å². The van der Waals surface area contributed by atoms with Gasteiger partial charge >= 0.3 is 0 Å². The molecule has 3 heterocycles. The minimum absolute atomic E-state index is 0.0870. The number of benzene rings is 1. The average Bonchev–Trinajstić information content (AvgIpc) is 2.64. The predicted molar refractivity (Wildman–Crippen MR) is 96.2 cm³/mol. The minimum atomic E-state index is -0.557. The Bertz CT molecular complexity index is 1180. The van der Waals surface area contributed by atoms with Crippen molar-refractivity contribution in [2.75, 3.05) is 12.3 Å². The number of nitrogen functional groups attached to an aromatic ring is 1. The molecule has 0 radical (unpaired) electrons. The monoisotopic (exact) mass is 369 g/mol. The van der Waals surface area contributed by atoms with Gasteiger partial charge in [0, 0.05) is 43.8 Å². The zero-order valence-corrected chi connectivity index (χ0v) is 14.1. The molecule has 138 valence electrons. The Morgan fingerprint density at radius 3 is 2.96 bits per heavy atom. The summed E-state index contributed by atoms with van der Waals surface area (Å²) in [6.07, 6.45) is 1.89. The maximum Gasteiger partial charge on any atom is 0.270 e. The molecule has 0 unspecified atom stereocenters. The molecule has 3 aromatic rings. The van der Waals surface area contributed by atoms with Crippen molar-refractivity contribution in [3.8, 4) is 0 Å². The van der Waals surface area contributed by atoms with Crippen molar-refractivity contribution in [2.45, 2.75) is 19.5 Å². The van der Waals surface area contributed by atoms with Crippen molar-refractivity contribution in [3.63, 3.8) is 0 Å². The molecule has 3 N–H and O–H groups in total. The lowest BCUT2D eigenvalue weighted by atomic mass is 10.1.